The van der Waals surface area contributed by atoms with E-state index in [4.69, 9.17) is 9.97 Å². The van der Waals surface area contributed by atoms with E-state index >= 15 is 0 Å². The summed E-state index contributed by atoms with van der Waals surface area (Å²) in [6.45, 7) is 13.8. The lowest BCUT2D eigenvalue weighted by molar-refractivity contribution is 0.401. The maximum Gasteiger partial charge on any atom is 0.0988 e. The molecule has 0 amide bonds. The zero-order chi connectivity index (χ0) is 44.9. The Labute approximate surface area is 397 Å². The van der Waals surface area contributed by atoms with E-state index in [2.05, 4.69) is 163 Å². The first kappa shape index (κ1) is 45.0. The fourth-order valence-corrected chi connectivity index (χ4v) is 13.0. The molecule has 3 heterocycles. The van der Waals surface area contributed by atoms with E-state index in [-0.39, 0.29) is 5.41 Å². The van der Waals surface area contributed by atoms with E-state index in [1.165, 1.54) is 117 Å². The molecule has 0 saturated carbocycles. The van der Waals surface area contributed by atoms with E-state index in [1.54, 1.807) is 11.1 Å². The van der Waals surface area contributed by atoms with Gasteiger partial charge in [-0.25, -0.2) is 9.97 Å². The predicted molar refractivity (Wildman–Crippen MR) is 284 cm³/mol. The van der Waals surface area contributed by atoms with Gasteiger partial charge in [0.05, 0.1) is 22.4 Å². The monoisotopic (exact) mass is 890 g/mol. The number of aromatic nitrogens is 2. The lowest BCUT2D eigenvalue weighted by Crippen LogP contribution is -2.25. The van der Waals surface area contributed by atoms with E-state index in [1.807, 2.05) is 22.7 Å². The van der Waals surface area contributed by atoms with Crippen LogP contribution in [0.25, 0.3) is 76.0 Å². The quantitative estimate of drug-likeness (QED) is 0.0756. The standard InChI is InChI=1S/C61H66N2S2/c1-7-11-13-21-35-61(36-22-14-12-8-2)52-37-41(5)29-31-48(52)49-32-30-47(38-53(49)61)60-46(24-10-4)40-55(65-60)51-34-33-50(54-39-45(23-9-3)42(6)64-54)58-59(51)63-57(44-27-19-16-20-28-44)56(62-58)43-25-17-15-18-26-43/h15-20,25-34,37-40H,7-14,21-24,35-36H2,1-6H3. The van der Waals surface area contributed by atoms with Crippen LogP contribution in [0, 0.1) is 13.8 Å². The van der Waals surface area contributed by atoms with Crippen LogP contribution in [0.1, 0.15) is 137 Å². The molecule has 332 valence electrons. The van der Waals surface area contributed by atoms with Gasteiger partial charge in [-0.1, -0.05) is 201 Å². The molecule has 4 heteroatoms. The van der Waals surface area contributed by atoms with Crippen LogP contribution in [-0.2, 0) is 18.3 Å². The summed E-state index contributed by atoms with van der Waals surface area (Å²) < 4.78 is 0. The maximum atomic E-state index is 5.74. The lowest BCUT2D eigenvalue weighted by atomic mass is 9.70. The molecular formula is C61H66N2S2. The largest absolute Gasteiger partial charge is 0.243 e. The van der Waals surface area contributed by atoms with E-state index < -0.39 is 0 Å². The van der Waals surface area contributed by atoms with Crippen molar-refractivity contribution >= 4 is 33.7 Å². The number of fused-ring (bicyclic) bond motifs is 4. The second kappa shape index (κ2) is 20.1. The van der Waals surface area contributed by atoms with Gasteiger partial charge in [0, 0.05) is 47.2 Å². The van der Waals surface area contributed by atoms with Crippen LogP contribution in [0.3, 0.4) is 0 Å². The molecule has 5 aromatic carbocycles. The van der Waals surface area contributed by atoms with Crippen molar-refractivity contribution in [1.29, 1.82) is 0 Å². The Morgan fingerprint density at radius 3 is 1.52 bits per heavy atom. The molecule has 0 bridgehead atoms. The molecular weight excluding hydrogens is 825 g/mol. The minimum Gasteiger partial charge on any atom is -0.243 e. The summed E-state index contributed by atoms with van der Waals surface area (Å²) in [6, 6.07) is 45.8. The second-order valence-electron chi connectivity index (χ2n) is 18.7. The van der Waals surface area contributed by atoms with E-state index in [0.717, 1.165) is 70.4 Å². The predicted octanol–water partition coefficient (Wildman–Crippen LogP) is 18.8. The third kappa shape index (κ3) is 8.94. The van der Waals surface area contributed by atoms with Crippen LogP contribution in [0.4, 0.5) is 0 Å². The highest BCUT2D eigenvalue weighted by molar-refractivity contribution is 7.19. The van der Waals surface area contributed by atoms with E-state index in [9.17, 15) is 0 Å². The Hall–Kier alpha value is -5.16. The van der Waals surface area contributed by atoms with Gasteiger partial charge in [-0.15, -0.1) is 22.7 Å². The summed E-state index contributed by atoms with van der Waals surface area (Å²) >= 11 is 3.84. The molecule has 8 aromatic rings. The van der Waals surface area contributed by atoms with Crippen LogP contribution in [-0.4, -0.2) is 9.97 Å². The third-order valence-corrected chi connectivity index (χ3v) is 16.4. The number of hydrogen-bond acceptors (Lipinski definition) is 4. The Kier molecular flexibility index (Phi) is 14.0. The average Bonchev–Trinajstić information content (AvgIpc) is 4.00. The van der Waals surface area contributed by atoms with Gasteiger partial charge in [-0.2, -0.15) is 0 Å². The topological polar surface area (TPSA) is 25.8 Å². The van der Waals surface area contributed by atoms with Gasteiger partial charge in [0.2, 0.25) is 0 Å². The molecule has 0 saturated heterocycles. The van der Waals surface area contributed by atoms with Crippen LogP contribution in [0.15, 0.2) is 121 Å². The summed E-state index contributed by atoms with van der Waals surface area (Å²) in [5.74, 6) is 0. The van der Waals surface area contributed by atoms with Crippen molar-refractivity contribution in [1.82, 2.24) is 9.97 Å². The van der Waals surface area contributed by atoms with Crippen LogP contribution in [0.2, 0.25) is 0 Å². The summed E-state index contributed by atoms with van der Waals surface area (Å²) in [4.78, 5) is 16.8. The zero-order valence-corrected chi connectivity index (χ0v) is 41.3. The van der Waals surface area contributed by atoms with Gasteiger partial charge in [-0.05, 0) is 96.7 Å². The highest BCUT2D eigenvalue weighted by Gasteiger charge is 2.42. The fraction of sp³-hybridized carbons (Fsp3) is 0.344. The molecule has 3 aromatic heterocycles. The molecule has 0 N–H and O–H groups in total. The second-order valence-corrected chi connectivity index (χ2v) is 21.0. The molecule has 0 aliphatic heterocycles. The minimum atomic E-state index is 0.0439. The fourth-order valence-electron chi connectivity index (χ4n) is 10.7. The third-order valence-electron chi connectivity index (χ3n) is 14.0. The first-order valence-corrected chi connectivity index (χ1v) is 26.4. The lowest BCUT2D eigenvalue weighted by Gasteiger charge is -2.33. The van der Waals surface area contributed by atoms with Crippen LogP contribution < -0.4 is 0 Å². The number of unbranched alkanes of at least 4 members (excludes halogenated alkanes) is 6. The molecule has 0 fully saturated rings. The number of rotatable bonds is 19. The Morgan fingerprint density at radius 2 is 0.954 bits per heavy atom. The highest BCUT2D eigenvalue weighted by Crippen LogP contribution is 2.56. The average molecular weight is 891 g/mol. The van der Waals surface area contributed by atoms with Crippen molar-refractivity contribution in [3.63, 3.8) is 0 Å². The number of aryl methyl sites for hydroxylation is 4. The Morgan fingerprint density at radius 1 is 0.446 bits per heavy atom. The molecule has 0 atom stereocenters. The smallest absolute Gasteiger partial charge is 0.0988 e. The summed E-state index contributed by atoms with van der Waals surface area (Å²) in [7, 11) is 0. The molecule has 0 radical (unpaired) electrons. The van der Waals surface area contributed by atoms with Crippen molar-refractivity contribution in [3.05, 3.63) is 154 Å². The zero-order valence-electron chi connectivity index (χ0n) is 39.7. The van der Waals surface area contributed by atoms with Gasteiger partial charge in [0.25, 0.3) is 0 Å². The van der Waals surface area contributed by atoms with Gasteiger partial charge in [-0.3, -0.25) is 0 Å². The van der Waals surface area contributed by atoms with Crippen molar-refractivity contribution in [2.45, 2.75) is 137 Å². The first-order valence-electron chi connectivity index (χ1n) is 24.8. The normalized spacial score (nSPS) is 12.8. The first-order chi connectivity index (χ1) is 31.9. The van der Waals surface area contributed by atoms with Gasteiger partial charge in [0.15, 0.2) is 0 Å². The molecule has 1 aliphatic rings. The van der Waals surface area contributed by atoms with Crippen LogP contribution >= 0.6 is 22.7 Å². The van der Waals surface area contributed by atoms with Crippen molar-refractivity contribution < 1.29 is 0 Å². The minimum absolute atomic E-state index is 0.0439. The Bertz CT molecular complexity index is 2890. The van der Waals surface area contributed by atoms with Crippen molar-refractivity contribution in [3.8, 4) is 65.0 Å². The summed E-state index contributed by atoms with van der Waals surface area (Å²) in [6.07, 6.45) is 17.1. The van der Waals surface area contributed by atoms with E-state index in [0.29, 0.717) is 0 Å². The number of thiophene rings is 2. The molecule has 0 spiro atoms. The summed E-state index contributed by atoms with van der Waals surface area (Å²) in [5.41, 5.74) is 20.0. The summed E-state index contributed by atoms with van der Waals surface area (Å²) in [5, 5.41) is 0. The van der Waals surface area contributed by atoms with Gasteiger partial charge >= 0.3 is 0 Å². The Balaban J connectivity index is 1.23. The number of hydrogen-bond donors (Lipinski definition) is 0. The van der Waals surface area contributed by atoms with Crippen molar-refractivity contribution in [2.24, 2.45) is 0 Å². The molecule has 9 rings (SSSR count). The number of benzene rings is 5. The van der Waals surface area contributed by atoms with Gasteiger partial charge in [0.1, 0.15) is 0 Å². The molecule has 1 aliphatic carbocycles. The maximum absolute atomic E-state index is 5.74. The number of nitrogens with zero attached hydrogens (tertiary/aromatic N) is 2. The molecule has 0 unspecified atom stereocenters. The SMILES string of the molecule is CCCCCCC1(CCCCCC)c2cc(C)ccc2-c2ccc(-c3sc(-c4ccc(-c5cc(CCC)c(C)s5)c5nc(-c6ccccc6)c(-c6ccccc6)nc45)cc3CCC)cc21. The highest BCUT2D eigenvalue weighted by atomic mass is 32.1. The van der Waals surface area contributed by atoms with Crippen molar-refractivity contribution in [2.75, 3.05) is 0 Å². The molecule has 65 heavy (non-hydrogen) atoms. The molecule has 2 nitrogen and oxygen atoms in total. The van der Waals surface area contributed by atoms with Crippen LogP contribution in [0.5, 0.6) is 0 Å². The van der Waals surface area contributed by atoms with Gasteiger partial charge < -0.3 is 0 Å².